The minimum Gasteiger partial charge on any atom is -0.352 e. The molecule has 0 aromatic carbocycles. The smallest absolute Gasteiger partial charge is 0.201 e. The highest BCUT2D eigenvalue weighted by Gasteiger charge is 2.71. The summed E-state index contributed by atoms with van der Waals surface area (Å²) >= 11 is 0. The zero-order valence-electron chi connectivity index (χ0n) is 28.0. The zero-order valence-corrected chi connectivity index (χ0v) is 28.0. The van der Waals surface area contributed by atoms with E-state index in [9.17, 15) is 0 Å². The highest BCUT2D eigenvalue weighted by atomic mass is 17.3. The fourth-order valence-electron chi connectivity index (χ4n) is 11.9. The Bertz CT molecular complexity index is 1080. The summed E-state index contributed by atoms with van der Waals surface area (Å²) in [7, 11) is 0. The van der Waals surface area contributed by atoms with Crippen LogP contribution in [0.4, 0.5) is 0 Å². The van der Waals surface area contributed by atoms with E-state index < -0.39 is 41.0 Å². The average Bonchev–Trinajstić information content (AvgIpc) is 3.16. The molecule has 0 aromatic heterocycles. The molecule has 10 nitrogen and oxygen atoms in total. The third-order valence-corrected chi connectivity index (χ3v) is 14.5. The number of fused-ring (bicyclic) bond motifs is 4. The molecule has 0 amide bonds. The highest BCUT2D eigenvalue weighted by molar-refractivity contribution is 5.13. The van der Waals surface area contributed by atoms with E-state index in [1.165, 1.54) is 12.8 Å². The fourth-order valence-corrected chi connectivity index (χ4v) is 11.9. The molecular weight excluding hydrogens is 580 g/mol. The SMILES string of the molecule is C[C@H]1[C@@H](CC2(C[C@H]3O[C@@H]4O[C@@]5(C)CC[C@H]6[C@H](C)CC[C@@H]([C@H]3C)[C@@]46OO5)COCO2)O[C@@H]2O[C@@]3(C)CC[C@H]4[C@H](C)CC[C@@H]1[C@@]24OO3. The lowest BCUT2D eigenvalue weighted by molar-refractivity contribution is -0.572. The maximum absolute atomic E-state index is 7.03. The molecule has 11 rings (SSSR count). The number of hydrogen-bond acceptors (Lipinski definition) is 10. The van der Waals surface area contributed by atoms with Gasteiger partial charge in [0.1, 0.15) is 6.79 Å². The molecule has 10 heteroatoms. The van der Waals surface area contributed by atoms with E-state index in [0.717, 1.165) is 38.5 Å². The van der Waals surface area contributed by atoms with Crippen LogP contribution in [-0.2, 0) is 48.0 Å². The van der Waals surface area contributed by atoms with Crippen molar-refractivity contribution in [1.82, 2.24) is 0 Å². The topological polar surface area (TPSA) is 92.3 Å². The summed E-state index contributed by atoms with van der Waals surface area (Å²) in [5.74, 6) is 1.25. The summed E-state index contributed by atoms with van der Waals surface area (Å²) in [6, 6.07) is 0. The molecule has 11 fully saturated rings. The van der Waals surface area contributed by atoms with Gasteiger partial charge in [-0.3, -0.25) is 0 Å². The van der Waals surface area contributed by atoms with Gasteiger partial charge in [0.2, 0.25) is 11.6 Å². The van der Waals surface area contributed by atoms with Crippen LogP contribution in [0.5, 0.6) is 0 Å². The Kier molecular flexibility index (Phi) is 7.02. The first-order valence-electron chi connectivity index (χ1n) is 18.1. The fraction of sp³-hybridized carbons (Fsp3) is 1.00. The second-order valence-corrected chi connectivity index (χ2v) is 17.1. The lowest BCUT2D eigenvalue weighted by atomic mass is 9.56. The van der Waals surface area contributed by atoms with E-state index in [0.29, 0.717) is 43.1 Å². The van der Waals surface area contributed by atoms with Crippen molar-refractivity contribution in [2.24, 2.45) is 47.3 Å². The van der Waals surface area contributed by atoms with Gasteiger partial charge in [0, 0.05) is 37.5 Å². The monoisotopic (exact) mass is 634 g/mol. The maximum atomic E-state index is 7.03. The molecule has 2 aliphatic carbocycles. The molecule has 9 heterocycles. The third kappa shape index (κ3) is 4.29. The molecule has 0 unspecified atom stereocenters. The van der Waals surface area contributed by atoms with Crippen LogP contribution < -0.4 is 0 Å². The van der Waals surface area contributed by atoms with Gasteiger partial charge in [-0.25, -0.2) is 19.6 Å². The second kappa shape index (κ2) is 10.3. The first kappa shape index (κ1) is 30.6. The van der Waals surface area contributed by atoms with Crippen molar-refractivity contribution in [1.29, 1.82) is 0 Å². The van der Waals surface area contributed by atoms with Crippen molar-refractivity contribution in [3.05, 3.63) is 0 Å². The predicted molar refractivity (Wildman–Crippen MR) is 158 cm³/mol. The molecule has 9 aliphatic heterocycles. The quantitative estimate of drug-likeness (QED) is 0.343. The summed E-state index contributed by atoms with van der Waals surface area (Å²) in [5.41, 5.74) is -1.67. The Hall–Kier alpha value is -0.400. The minimum absolute atomic E-state index is 0.0705. The predicted octanol–water partition coefficient (Wildman–Crippen LogP) is 6.01. The molecule has 4 bridgehead atoms. The van der Waals surface area contributed by atoms with Crippen LogP contribution in [0.1, 0.15) is 106 Å². The summed E-state index contributed by atoms with van der Waals surface area (Å²) in [6.07, 6.45) is 8.58. The number of hydrogen-bond donors (Lipinski definition) is 0. The maximum Gasteiger partial charge on any atom is 0.201 e. The molecule has 16 atom stereocenters. The number of rotatable bonds is 4. The van der Waals surface area contributed by atoms with Gasteiger partial charge in [0.25, 0.3) is 0 Å². The largest absolute Gasteiger partial charge is 0.352 e. The molecule has 45 heavy (non-hydrogen) atoms. The Morgan fingerprint density at radius 2 is 1.07 bits per heavy atom. The molecular formula is C35H54O10. The van der Waals surface area contributed by atoms with Crippen molar-refractivity contribution < 1.29 is 48.0 Å². The van der Waals surface area contributed by atoms with Crippen LogP contribution in [0, 0.1) is 47.3 Å². The third-order valence-electron chi connectivity index (χ3n) is 14.5. The van der Waals surface area contributed by atoms with Crippen LogP contribution >= 0.6 is 0 Å². The van der Waals surface area contributed by atoms with Gasteiger partial charge in [-0.05, 0) is 87.9 Å². The van der Waals surface area contributed by atoms with E-state index in [1.807, 2.05) is 13.8 Å². The van der Waals surface area contributed by atoms with E-state index in [4.69, 9.17) is 48.0 Å². The van der Waals surface area contributed by atoms with Crippen molar-refractivity contribution in [2.45, 2.75) is 159 Å². The van der Waals surface area contributed by atoms with Gasteiger partial charge in [0.15, 0.2) is 23.8 Å². The lowest BCUT2D eigenvalue weighted by Crippen LogP contribution is -2.71. The molecule has 11 aliphatic rings. The van der Waals surface area contributed by atoms with Crippen molar-refractivity contribution in [3.63, 3.8) is 0 Å². The summed E-state index contributed by atoms with van der Waals surface area (Å²) < 4.78 is 40.0. The van der Waals surface area contributed by atoms with Gasteiger partial charge in [-0.15, -0.1) is 0 Å². The molecule has 0 aromatic rings. The van der Waals surface area contributed by atoms with Gasteiger partial charge < -0.3 is 28.4 Å². The van der Waals surface area contributed by atoms with Gasteiger partial charge in [-0.2, -0.15) is 0 Å². The van der Waals surface area contributed by atoms with Crippen molar-refractivity contribution in [3.8, 4) is 0 Å². The van der Waals surface area contributed by atoms with Gasteiger partial charge in [0.05, 0.1) is 24.4 Å². The Balaban J connectivity index is 0.995. The van der Waals surface area contributed by atoms with Crippen LogP contribution in [0.15, 0.2) is 0 Å². The standard InChI is InChI=1S/C35H54O10/c1-19-7-9-25-21(3)27(38-29-34(25)23(19)11-13-31(5,40-29)42-44-34)15-33(17-36-18-37-33)16-28-22(4)26-10-8-20(2)24-12-14-32(6)41-30(39-28)35(24,26)45-43-32/h19-30H,7-18H2,1-6H3/t19-,20-,21-,22-,23+,24+,25+,26+,27-,28-,29-,30-,31-,32-,34-,35-/m1/s1. The van der Waals surface area contributed by atoms with Gasteiger partial charge in [-0.1, -0.05) is 27.7 Å². The van der Waals surface area contributed by atoms with Crippen LogP contribution in [0.2, 0.25) is 0 Å². The van der Waals surface area contributed by atoms with E-state index in [2.05, 4.69) is 27.7 Å². The molecule has 2 saturated carbocycles. The van der Waals surface area contributed by atoms with E-state index >= 15 is 0 Å². The summed E-state index contributed by atoms with van der Waals surface area (Å²) in [5, 5.41) is 0. The minimum atomic E-state index is -0.787. The average molecular weight is 635 g/mol. The Morgan fingerprint density at radius 1 is 0.578 bits per heavy atom. The molecule has 254 valence electrons. The highest BCUT2D eigenvalue weighted by Crippen LogP contribution is 2.63. The summed E-state index contributed by atoms with van der Waals surface area (Å²) in [4.78, 5) is 24.9. The van der Waals surface area contributed by atoms with Crippen molar-refractivity contribution >= 4 is 0 Å². The first-order valence-corrected chi connectivity index (χ1v) is 18.1. The number of ether oxygens (including phenoxy) is 6. The Labute approximate surface area is 267 Å². The van der Waals surface area contributed by atoms with Crippen LogP contribution in [0.3, 0.4) is 0 Å². The van der Waals surface area contributed by atoms with E-state index in [-0.39, 0.29) is 42.7 Å². The summed E-state index contributed by atoms with van der Waals surface area (Å²) in [6.45, 7) is 14.2. The molecule has 9 saturated heterocycles. The molecule has 0 N–H and O–H groups in total. The van der Waals surface area contributed by atoms with Crippen molar-refractivity contribution in [2.75, 3.05) is 13.4 Å². The van der Waals surface area contributed by atoms with Crippen LogP contribution in [0.25, 0.3) is 0 Å². The first-order chi connectivity index (χ1) is 21.5. The second-order valence-electron chi connectivity index (χ2n) is 17.1. The van der Waals surface area contributed by atoms with Gasteiger partial charge >= 0.3 is 0 Å². The normalized spacial score (nSPS) is 61.7. The zero-order chi connectivity index (χ0) is 31.0. The lowest BCUT2D eigenvalue weighted by Gasteiger charge is -2.61. The molecule has 0 radical (unpaired) electrons. The Morgan fingerprint density at radius 3 is 1.51 bits per heavy atom. The van der Waals surface area contributed by atoms with E-state index in [1.54, 1.807) is 0 Å². The van der Waals surface area contributed by atoms with Crippen LogP contribution in [-0.4, -0.2) is 66.6 Å². The molecule has 2 spiro atoms.